The quantitative estimate of drug-likeness (QED) is 0.568. The molecule has 21 heavy (non-hydrogen) atoms. The fourth-order valence-electron chi connectivity index (χ4n) is 1.59. The second kappa shape index (κ2) is 6.71. The number of aromatic amines is 1. The average molecular weight is 351 g/mol. The average Bonchev–Trinajstić information content (AvgIpc) is 2.40. The van der Waals surface area contributed by atoms with E-state index in [0.29, 0.717) is 11.4 Å². The molecule has 0 saturated carbocycles. The molecule has 0 aliphatic heterocycles. The van der Waals surface area contributed by atoms with Gasteiger partial charge in [-0.05, 0) is 34.1 Å². The van der Waals surface area contributed by atoms with E-state index in [2.05, 4.69) is 31.5 Å². The fourth-order valence-corrected chi connectivity index (χ4v) is 1.97. The summed E-state index contributed by atoms with van der Waals surface area (Å²) in [5, 5.41) is 16.4. The Kier molecular flexibility index (Phi) is 4.72. The minimum Gasteiger partial charge on any atom is -0.336 e. The predicted molar refractivity (Wildman–Crippen MR) is 83.5 cm³/mol. The van der Waals surface area contributed by atoms with E-state index in [4.69, 9.17) is 0 Å². The summed E-state index contributed by atoms with van der Waals surface area (Å²) in [6, 6.07) is 10.1. The Morgan fingerprint density at radius 3 is 2.71 bits per heavy atom. The first-order valence-corrected chi connectivity index (χ1v) is 6.66. The van der Waals surface area contributed by atoms with Crippen LogP contribution in [0.15, 0.2) is 63.9 Å². The third kappa shape index (κ3) is 4.46. The molecule has 0 bridgehead atoms. The maximum Gasteiger partial charge on any atom is 0.274 e. The number of hydrogen-bond donors (Lipinski definition) is 3. The zero-order chi connectivity index (χ0) is 15.2. The van der Waals surface area contributed by atoms with Crippen LogP contribution in [0.4, 0.5) is 11.4 Å². The molecule has 0 radical (unpaired) electrons. The predicted octanol–water partition coefficient (Wildman–Crippen LogP) is 2.74. The van der Waals surface area contributed by atoms with E-state index >= 15 is 0 Å². The molecule has 0 fully saturated rings. The van der Waals surface area contributed by atoms with Gasteiger partial charge in [0.05, 0.1) is 10.6 Å². The van der Waals surface area contributed by atoms with Crippen LogP contribution >= 0.6 is 15.9 Å². The standard InChI is InChI=1S/C13H11BrN4O3/c14-10-3-1-2-4-11(10)17-12(8-18(20)21)16-9-5-6-15-13(19)7-9/h1-8,17H,(H2,15,16,19). The third-order valence-corrected chi connectivity index (χ3v) is 3.12. The number of nitrogens with zero attached hydrogens (tertiary/aromatic N) is 1. The van der Waals surface area contributed by atoms with Crippen molar-refractivity contribution in [3.63, 3.8) is 0 Å². The molecule has 7 nitrogen and oxygen atoms in total. The van der Waals surface area contributed by atoms with E-state index in [9.17, 15) is 14.9 Å². The Morgan fingerprint density at radius 1 is 1.29 bits per heavy atom. The summed E-state index contributed by atoms with van der Waals surface area (Å²) in [6.07, 6.45) is 2.24. The molecule has 1 heterocycles. The van der Waals surface area contributed by atoms with Gasteiger partial charge in [-0.1, -0.05) is 12.1 Å². The monoisotopic (exact) mass is 350 g/mol. The fraction of sp³-hybridized carbons (Fsp3) is 0. The summed E-state index contributed by atoms with van der Waals surface area (Å²) in [6.45, 7) is 0. The minimum atomic E-state index is -0.584. The highest BCUT2D eigenvalue weighted by molar-refractivity contribution is 9.10. The Morgan fingerprint density at radius 2 is 2.05 bits per heavy atom. The van der Waals surface area contributed by atoms with Crippen molar-refractivity contribution in [1.82, 2.24) is 4.98 Å². The summed E-state index contributed by atoms with van der Waals surface area (Å²) in [4.78, 5) is 23.8. The molecule has 1 aromatic heterocycles. The van der Waals surface area contributed by atoms with Crippen molar-refractivity contribution >= 4 is 27.3 Å². The van der Waals surface area contributed by atoms with Crippen LogP contribution in [0.1, 0.15) is 0 Å². The van der Waals surface area contributed by atoms with Gasteiger partial charge in [0.1, 0.15) is 0 Å². The lowest BCUT2D eigenvalue weighted by molar-refractivity contribution is -0.403. The number of halogens is 1. The number of nitrogens with one attached hydrogen (secondary N) is 3. The van der Waals surface area contributed by atoms with Gasteiger partial charge in [-0.3, -0.25) is 14.9 Å². The summed E-state index contributed by atoms with van der Waals surface area (Å²) >= 11 is 3.35. The van der Waals surface area contributed by atoms with Crippen molar-refractivity contribution in [2.75, 3.05) is 10.6 Å². The van der Waals surface area contributed by atoms with Crippen molar-refractivity contribution in [2.24, 2.45) is 0 Å². The minimum absolute atomic E-state index is 0.137. The Hall–Kier alpha value is -2.61. The van der Waals surface area contributed by atoms with Gasteiger partial charge in [-0.2, -0.15) is 0 Å². The highest BCUT2D eigenvalue weighted by atomic mass is 79.9. The zero-order valence-electron chi connectivity index (χ0n) is 10.7. The molecule has 0 aliphatic carbocycles. The van der Waals surface area contributed by atoms with Gasteiger partial charge in [0.15, 0.2) is 5.82 Å². The van der Waals surface area contributed by atoms with Gasteiger partial charge in [-0.25, -0.2) is 0 Å². The van der Waals surface area contributed by atoms with Crippen LogP contribution in [0.3, 0.4) is 0 Å². The lowest BCUT2D eigenvalue weighted by atomic mass is 10.3. The number of H-pyrrole nitrogens is 1. The van der Waals surface area contributed by atoms with Crippen molar-refractivity contribution in [1.29, 1.82) is 0 Å². The third-order valence-electron chi connectivity index (χ3n) is 2.43. The summed E-state index contributed by atoms with van der Waals surface area (Å²) in [5.74, 6) is 0.137. The Labute approximate surface area is 128 Å². The highest BCUT2D eigenvalue weighted by Crippen LogP contribution is 2.23. The molecular formula is C13H11BrN4O3. The van der Waals surface area contributed by atoms with Gasteiger partial charge in [-0.15, -0.1) is 0 Å². The SMILES string of the molecule is O=c1cc(NC(=C[N+](=O)[O-])Nc2ccccc2Br)cc[nH]1. The number of rotatable bonds is 5. The summed E-state index contributed by atoms with van der Waals surface area (Å²) in [7, 11) is 0. The van der Waals surface area contributed by atoms with Crippen LogP contribution < -0.4 is 16.2 Å². The number of pyridine rings is 1. The summed E-state index contributed by atoms with van der Waals surface area (Å²) < 4.78 is 0.756. The van der Waals surface area contributed by atoms with Crippen LogP contribution in [-0.4, -0.2) is 9.91 Å². The van der Waals surface area contributed by atoms with Gasteiger partial charge in [0, 0.05) is 22.4 Å². The number of nitro groups is 1. The first kappa shape index (κ1) is 14.8. The van der Waals surface area contributed by atoms with Crippen molar-refractivity contribution in [3.05, 3.63) is 79.6 Å². The molecule has 1 aromatic carbocycles. The second-order valence-electron chi connectivity index (χ2n) is 4.00. The van der Waals surface area contributed by atoms with Gasteiger partial charge in [0.25, 0.3) is 6.20 Å². The molecule has 2 rings (SSSR count). The van der Waals surface area contributed by atoms with E-state index in [1.54, 1.807) is 24.3 Å². The molecular weight excluding hydrogens is 340 g/mol. The lowest BCUT2D eigenvalue weighted by Gasteiger charge is -2.12. The molecule has 0 amide bonds. The first-order chi connectivity index (χ1) is 10.0. The molecule has 3 N–H and O–H groups in total. The molecule has 0 saturated heterocycles. The summed E-state index contributed by atoms with van der Waals surface area (Å²) in [5.41, 5.74) is 0.788. The topological polar surface area (TPSA) is 100 Å². The van der Waals surface area contributed by atoms with Crippen molar-refractivity contribution in [3.8, 4) is 0 Å². The van der Waals surface area contributed by atoms with Crippen LogP contribution in [0.5, 0.6) is 0 Å². The maximum absolute atomic E-state index is 11.2. The van der Waals surface area contributed by atoms with E-state index < -0.39 is 4.92 Å². The van der Waals surface area contributed by atoms with E-state index in [-0.39, 0.29) is 11.4 Å². The first-order valence-electron chi connectivity index (χ1n) is 5.87. The van der Waals surface area contributed by atoms with Gasteiger partial charge < -0.3 is 15.6 Å². The van der Waals surface area contributed by atoms with Crippen LogP contribution in [0.25, 0.3) is 0 Å². The number of anilines is 2. The number of hydrogen-bond acceptors (Lipinski definition) is 5. The Bertz CT molecular complexity index is 742. The smallest absolute Gasteiger partial charge is 0.274 e. The molecule has 8 heteroatoms. The largest absolute Gasteiger partial charge is 0.336 e. The zero-order valence-corrected chi connectivity index (χ0v) is 12.3. The van der Waals surface area contributed by atoms with Crippen molar-refractivity contribution < 1.29 is 4.92 Å². The number of aromatic nitrogens is 1. The highest BCUT2D eigenvalue weighted by Gasteiger charge is 2.07. The second-order valence-corrected chi connectivity index (χ2v) is 4.85. The molecule has 0 aliphatic rings. The molecule has 0 spiro atoms. The molecule has 0 unspecified atom stereocenters. The van der Waals surface area contributed by atoms with Crippen LogP contribution in [-0.2, 0) is 0 Å². The normalized spacial score (nSPS) is 11.0. The van der Waals surface area contributed by atoms with Crippen molar-refractivity contribution in [2.45, 2.75) is 0 Å². The van der Waals surface area contributed by atoms with E-state index in [1.807, 2.05) is 6.07 Å². The number of para-hydroxylation sites is 1. The van der Waals surface area contributed by atoms with Crippen LogP contribution in [0, 0.1) is 10.1 Å². The molecule has 2 aromatic rings. The van der Waals surface area contributed by atoms with E-state index in [0.717, 1.165) is 10.7 Å². The number of benzene rings is 1. The van der Waals surface area contributed by atoms with Gasteiger partial charge in [0.2, 0.25) is 5.56 Å². The Balaban J connectivity index is 2.26. The maximum atomic E-state index is 11.2. The van der Waals surface area contributed by atoms with Crippen LogP contribution in [0.2, 0.25) is 0 Å². The molecule has 0 atom stereocenters. The van der Waals surface area contributed by atoms with Gasteiger partial charge >= 0.3 is 0 Å². The lowest BCUT2D eigenvalue weighted by Crippen LogP contribution is -2.14. The molecule has 108 valence electrons. The van der Waals surface area contributed by atoms with E-state index in [1.165, 1.54) is 12.3 Å².